The van der Waals surface area contributed by atoms with Crippen LogP contribution in [0.15, 0.2) is 12.2 Å². The van der Waals surface area contributed by atoms with Crippen molar-refractivity contribution in [3.05, 3.63) is 12.2 Å². The molecule has 1 aliphatic rings. The molecule has 8 atom stereocenters. The summed E-state index contributed by atoms with van der Waals surface area (Å²) >= 11 is 0. The summed E-state index contributed by atoms with van der Waals surface area (Å²) in [6.45, 7) is 3.71. The van der Waals surface area contributed by atoms with E-state index in [2.05, 4.69) is 31.3 Å². The summed E-state index contributed by atoms with van der Waals surface area (Å²) in [7, 11) is -5.11. The third-order valence-electron chi connectivity index (χ3n) is 10.1. The van der Waals surface area contributed by atoms with Gasteiger partial charge in [0.15, 0.2) is 0 Å². The molecule has 8 unspecified atom stereocenters. The summed E-state index contributed by atoms with van der Waals surface area (Å²) in [6.07, 6.45) is 14.2. The maximum atomic E-state index is 12.9. The molecule has 1 aliphatic carbocycles. The van der Waals surface area contributed by atoms with E-state index < -0.39 is 75.2 Å². The molecule has 1 saturated carbocycles. The van der Waals surface area contributed by atoms with Crippen LogP contribution in [0.25, 0.3) is 0 Å². The summed E-state index contributed by atoms with van der Waals surface area (Å²) in [5.41, 5.74) is 0. The molecule has 0 saturated heterocycles. The van der Waals surface area contributed by atoms with E-state index in [1.165, 1.54) is 70.6 Å². The quantitative estimate of drug-likeness (QED) is 0.0230. The third kappa shape index (κ3) is 23.0. The molecule has 0 radical (unpaired) electrons. The monoisotopic (exact) mass is 782 g/mol. The number of phosphoric acid groups is 1. The first-order valence-corrected chi connectivity index (χ1v) is 22.2. The molecule has 13 nitrogen and oxygen atoms in total. The van der Waals surface area contributed by atoms with E-state index in [9.17, 15) is 50.0 Å². The Morgan fingerprint density at radius 2 is 1.06 bits per heavy atom. The molecule has 314 valence electrons. The van der Waals surface area contributed by atoms with Gasteiger partial charge in [-0.1, -0.05) is 135 Å². The van der Waals surface area contributed by atoms with Crippen molar-refractivity contribution in [2.24, 2.45) is 0 Å². The first-order chi connectivity index (χ1) is 25.3. The van der Waals surface area contributed by atoms with Gasteiger partial charge in [0.05, 0.1) is 31.3 Å². The van der Waals surface area contributed by atoms with Crippen LogP contribution in [0.4, 0.5) is 0 Å². The van der Waals surface area contributed by atoms with Gasteiger partial charge in [0, 0.05) is 0 Å². The van der Waals surface area contributed by atoms with Gasteiger partial charge in [-0.2, -0.15) is 0 Å². The van der Waals surface area contributed by atoms with Gasteiger partial charge in [0.2, 0.25) is 5.91 Å². The highest BCUT2D eigenvalue weighted by molar-refractivity contribution is 7.47. The number of phosphoric ester groups is 1. The fourth-order valence-corrected chi connectivity index (χ4v) is 7.62. The Hall–Kier alpha value is -0.960. The summed E-state index contributed by atoms with van der Waals surface area (Å²) in [5.74, 6) is -0.572. The predicted molar refractivity (Wildman–Crippen MR) is 206 cm³/mol. The lowest BCUT2D eigenvalue weighted by Gasteiger charge is -2.41. The lowest BCUT2D eigenvalue weighted by atomic mass is 9.85. The lowest BCUT2D eigenvalue weighted by Crippen LogP contribution is -2.64. The average molecular weight is 782 g/mol. The van der Waals surface area contributed by atoms with Crippen molar-refractivity contribution < 1.29 is 59.0 Å². The standard InChI is InChI=1S/C39H76NO12P/c1-3-5-7-9-11-13-15-16-17-19-21-23-25-27-32(42)31(29-51-53(49,50)52-39-37(47)35(45)34(44)36(46)38(39)48)40-33(43)28-30(41)26-24-22-20-18-14-12-10-8-6-4-2/h12,14,30-32,34-39,41-42,44-48H,3-11,13,15-29H2,1-2H3,(H,40,43)(H,49,50)/b14-12-. The summed E-state index contributed by atoms with van der Waals surface area (Å²) in [5, 5.41) is 74.2. The Morgan fingerprint density at radius 3 is 1.58 bits per heavy atom. The minimum atomic E-state index is -5.11. The fourth-order valence-electron chi connectivity index (χ4n) is 6.65. The molecule has 0 bridgehead atoms. The van der Waals surface area contributed by atoms with Gasteiger partial charge in [-0.15, -0.1) is 0 Å². The van der Waals surface area contributed by atoms with E-state index in [1.807, 2.05) is 0 Å². The number of aliphatic hydroxyl groups excluding tert-OH is 7. The molecule has 1 rings (SSSR count). The molecule has 14 heteroatoms. The zero-order valence-electron chi connectivity index (χ0n) is 32.7. The number of allylic oxidation sites excluding steroid dienone is 2. The Balaban J connectivity index is 2.61. The lowest BCUT2D eigenvalue weighted by molar-refractivity contribution is -0.220. The first kappa shape index (κ1) is 50.1. The summed E-state index contributed by atoms with van der Waals surface area (Å²) < 4.78 is 22.8. The predicted octanol–water partition coefficient (Wildman–Crippen LogP) is 5.47. The number of unbranched alkanes of at least 4 members (excludes halogenated alkanes) is 18. The molecular formula is C39H76NO12P. The van der Waals surface area contributed by atoms with Crippen molar-refractivity contribution in [2.45, 2.75) is 223 Å². The molecule has 0 aromatic carbocycles. The second kappa shape index (κ2) is 30.2. The molecular weight excluding hydrogens is 705 g/mol. The molecule has 1 amide bonds. The van der Waals surface area contributed by atoms with Crippen LogP contribution in [0.2, 0.25) is 0 Å². The van der Waals surface area contributed by atoms with Crippen molar-refractivity contribution >= 4 is 13.7 Å². The number of hydrogen-bond donors (Lipinski definition) is 9. The minimum Gasteiger partial charge on any atom is -0.393 e. The maximum absolute atomic E-state index is 12.9. The van der Waals surface area contributed by atoms with Gasteiger partial charge < -0.3 is 46.0 Å². The van der Waals surface area contributed by atoms with E-state index in [0.717, 1.165) is 57.8 Å². The minimum absolute atomic E-state index is 0.231. The van der Waals surface area contributed by atoms with Gasteiger partial charge in [0.25, 0.3) is 0 Å². The van der Waals surface area contributed by atoms with Crippen LogP contribution in [0, 0.1) is 0 Å². The third-order valence-corrected chi connectivity index (χ3v) is 11.1. The van der Waals surface area contributed by atoms with Crippen LogP contribution in [0.5, 0.6) is 0 Å². The summed E-state index contributed by atoms with van der Waals surface area (Å²) in [4.78, 5) is 23.3. The van der Waals surface area contributed by atoms with Crippen molar-refractivity contribution in [1.29, 1.82) is 0 Å². The van der Waals surface area contributed by atoms with E-state index in [-0.39, 0.29) is 12.8 Å². The van der Waals surface area contributed by atoms with Gasteiger partial charge in [-0.05, 0) is 38.5 Å². The van der Waals surface area contributed by atoms with Crippen molar-refractivity contribution in [3.63, 3.8) is 0 Å². The summed E-state index contributed by atoms with van der Waals surface area (Å²) in [6, 6.07) is -1.15. The molecule has 0 aromatic rings. The van der Waals surface area contributed by atoms with Crippen LogP contribution in [-0.4, -0.2) is 108 Å². The van der Waals surface area contributed by atoms with Crippen molar-refractivity contribution in [2.75, 3.05) is 6.61 Å². The zero-order valence-corrected chi connectivity index (χ0v) is 33.6. The topological polar surface area (TPSA) is 226 Å². The molecule has 0 heterocycles. The van der Waals surface area contributed by atoms with Gasteiger partial charge >= 0.3 is 7.82 Å². The number of hydrogen-bond acceptors (Lipinski definition) is 11. The Morgan fingerprint density at radius 1 is 0.642 bits per heavy atom. The first-order valence-electron chi connectivity index (χ1n) is 20.7. The highest BCUT2D eigenvalue weighted by Crippen LogP contribution is 2.47. The van der Waals surface area contributed by atoms with Gasteiger partial charge in [-0.25, -0.2) is 4.57 Å². The van der Waals surface area contributed by atoms with Crippen LogP contribution >= 0.6 is 7.82 Å². The fraction of sp³-hybridized carbons (Fsp3) is 0.923. The molecule has 53 heavy (non-hydrogen) atoms. The highest BCUT2D eigenvalue weighted by Gasteiger charge is 2.51. The largest absolute Gasteiger partial charge is 0.472 e. The van der Waals surface area contributed by atoms with Crippen molar-refractivity contribution in [1.82, 2.24) is 5.32 Å². The highest BCUT2D eigenvalue weighted by atomic mass is 31.2. The molecule has 0 aliphatic heterocycles. The van der Waals surface area contributed by atoms with E-state index in [0.29, 0.717) is 12.8 Å². The van der Waals surface area contributed by atoms with Crippen LogP contribution < -0.4 is 5.32 Å². The van der Waals surface area contributed by atoms with E-state index in [4.69, 9.17) is 9.05 Å². The Labute approximate surface area is 319 Å². The SMILES string of the molecule is CCCCC/C=C\CCCCCC(O)CC(=O)NC(COP(=O)(O)OC1C(O)C(O)C(O)C(O)C1O)C(O)CCCCCCCCCCCCCCC. The molecule has 1 fully saturated rings. The second-order valence-electron chi connectivity index (χ2n) is 15.0. The number of carbonyl (C=O) groups excluding carboxylic acids is 1. The average Bonchev–Trinajstić information content (AvgIpc) is 3.12. The molecule has 9 N–H and O–H groups in total. The Bertz CT molecular complexity index is 974. The number of rotatable bonds is 33. The second-order valence-corrected chi connectivity index (χ2v) is 16.4. The van der Waals surface area contributed by atoms with Gasteiger partial charge in [-0.3, -0.25) is 13.8 Å². The van der Waals surface area contributed by atoms with Crippen molar-refractivity contribution in [3.8, 4) is 0 Å². The number of aliphatic hydroxyl groups is 7. The van der Waals surface area contributed by atoms with Gasteiger partial charge in [0.1, 0.15) is 36.6 Å². The molecule has 0 aromatic heterocycles. The number of nitrogens with one attached hydrogen (secondary N) is 1. The van der Waals surface area contributed by atoms with Crippen LogP contribution in [0.3, 0.4) is 0 Å². The van der Waals surface area contributed by atoms with E-state index >= 15 is 0 Å². The van der Waals surface area contributed by atoms with E-state index in [1.54, 1.807) is 0 Å². The zero-order chi connectivity index (χ0) is 39.5. The Kier molecular flexibility index (Phi) is 28.5. The molecule has 0 spiro atoms. The smallest absolute Gasteiger partial charge is 0.393 e. The van der Waals surface area contributed by atoms with Crippen LogP contribution in [0.1, 0.15) is 168 Å². The number of amides is 1. The number of carbonyl (C=O) groups is 1. The normalized spacial score (nSPS) is 24.9. The maximum Gasteiger partial charge on any atom is 0.472 e. The van der Waals surface area contributed by atoms with Crippen LogP contribution in [-0.2, 0) is 18.4 Å².